The molecule has 192 valence electrons. The Hall–Kier alpha value is -1.89. The number of aliphatic hydroxyl groups excluding tert-OH is 3. The van der Waals surface area contributed by atoms with Gasteiger partial charge in [-0.25, -0.2) is 4.98 Å². The molecule has 1 fully saturated rings. The number of hydrogen-bond acceptors (Lipinski definition) is 9. The summed E-state index contributed by atoms with van der Waals surface area (Å²) < 4.78 is 21.4. The summed E-state index contributed by atoms with van der Waals surface area (Å²) in [5.41, 5.74) is 1.12. The maximum Gasteiger partial charge on any atom is 0.252 e. The highest BCUT2D eigenvalue weighted by Crippen LogP contribution is 2.38. The smallest absolute Gasteiger partial charge is 0.252 e. The molecule has 3 rings (SSSR count). The zero-order chi connectivity index (χ0) is 25.9. The van der Waals surface area contributed by atoms with Gasteiger partial charge in [0.1, 0.15) is 36.0 Å². The van der Waals surface area contributed by atoms with Crippen molar-refractivity contribution < 1.29 is 39.1 Å². The van der Waals surface area contributed by atoms with E-state index in [0.29, 0.717) is 16.1 Å². The number of benzene rings is 1. The zero-order valence-corrected chi connectivity index (χ0v) is 21.3. The maximum atomic E-state index is 13.0. The molecule has 1 aliphatic rings. The van der Waals surface area contributed by atoms with Gasteiger partial charge < -0.3 is 39.6 Å². The van der Waals surface area contributed by atoms with E-state index in [1.165, 1.54) is 26.5 Å². The first kappa shape index (κ1) is 27.7. The molecule has 2 heterocycles. The van der Waals surface area contributed by atoms with Crippen LogP contribution in [-0.2, 0) is 16.1 Å². The van der Waals surface area contributed by atoms with Crippen LogP contribution in [0.5, 0.6) is 11.6 Å². The van der Waals surface area contributed by atoms with Crippen LogP contribution in [0.4, 0.5) is 0 Å². The van der Waals surface area contributed by atoms with Gasteiger partial charge in [0.05, 0.1) is 23.8 Å². The molecule has 13 heteroatoms. The van der Waals surface area contributed by atoms with E-state index in [2.05, 4.69) is 10.3 Å². The van der Waals surface area contributed by atoms with Crippen LogP contribution in [0.2, 0.25) is 15.1 Å². The van der Waals surface area contributed by atoms with Gasteiger partial charge in [-0.2, -0.15) is 0 Å². The van der Waals surface area contributed by atoms with Crippen LogP contribution in [0.15, 0.2) is 18.3 Å². The van der Waals surface area contributed by atoms with Gasteiger partial charge in [0.25, 0.3) is 5.91 Å². The van der Waals surface area contributed by atoms with E-state index in [-0.39, 0.29) is 33.8 Å². The molecule has 5 atom stereocenters. The normalized spacial score (nSPS) is 24.2. The van der Waals surface area contributed by atoms with E-state index in [0.717, 1.165) is 0 Å². The number of aliphatic hydroxyl groups is 3. The van der Waals surface area contributed by atoms with Crippen molar-refractivity contribution in [1.82, 2.24) is 10.3 Å². The second-order valence-corrected chi connectivity index (χ2v) is 8.93. The van der Waals surface area contributed by atoms with Crippen LogP contribution in [0.1, 0.15) is 21.5 Å². The topological polar surface area (TPSA) is 140 Å². The fraction of sp³-hybridized carbons (Fsp3) is 0.455. The van der Waals surface area contributed by atoms with E-state index in [4.69, 9.17) is 53.8 Å². The summed E-state index contributed by atoms with van der Waals surface area (Å²) in [6.45, 7) is 1.11. The van der Waals surface area contributed by atoms with Crippen LogP contribution in [0, 0.1) is 6.92 Å². The highest BCUT2D eigenvalue weighted by Gasteiger charge is 2.45. The Morgan fingerprint density at radius 1 is 1.17 bits per heavy atom. The molecule has 0 aliphatic carbocycles. The van der Waals surface area contributed by atoms with E-state index in [1.807, 2.05) is 0 Å². The van der Waals surface area contributed by atoms with Gasteiger partial charge in [0.2, 0.25) is 5.88 Å². The first-order chi connectivity index (χ1) is 16.6. The first-order valence-electron chi connectivity index (χ1n) is 10.4. The van der Waals surface area contributed by atoms with Crippen molar-refractivity contribution >= 4 is 40.7 Å². The third-order valence-corrected chi connectivity index (χ3v) is 6.52. The van der Waals surface area contributed by atoms with Crippen molar-refractivity contribution in [1.29, 1.82) is 0 Å². The van der Waals surface area contributed by atoms with Crippen LogP contribution >= 0.6 is 34.8 Å². The molecule has 35 heavy (non-hydrogen) atoms. The lowest BCUT2D eigenvalue weighted by Crippen LogP contribution is -2.64. The van der Waals surface area contributed by atoms with Crippen molar-refractivity contribution in [2.75, 3.05) is 20.8 Å². The molecular formula is C22H25Cl3N2O8. The predicted octanol–water partition coefficient (Wildman–Crippen LogP) is 2.12. The van der Waals surface area contributed by atoms with Crippen molar-refractivity contribution in [2.45, 2.75) is 44.2 Å². The number of carbonyl (C=O) groups excluding carboxylic acids is 1. The molecule has 1 aromatic carbocycles. The Kier molecular flexibility index (Phi) is 9.41. The fourth-order valence-electron chi connectivity index (χ4n) is 3.58. The largest absolute Gasteiger partial charge is 0.486 e. The van der Waals surface area contributed by atoms with Crippen LogP contribution < -0.4 is 14.8 Å². The van der Waals surface area contributed by atoms with Gasteiger partial charge in [-0.15, -0.1) is 0 Å². The summed E-state index contributed by atoms with van der Waals surface area (Å²) in [6.07, 6.45) is -3.56. The van der Waals surface area contributed by atoms with Crippen molar-refractivity contribution in [2.24, 2.45) is 0 Å². The number of amides is 1. The minimum atomic E-state index is -1.46. The van der Waals surface area contributed by atoms with Gasteiger partial charge in [-0.3, -0.25) is 4.79 Å². The molecule has 1 amide bonds. The molecule has 1 aromatic heterocycles. The highest BCUT2D eigenvalue weighted by molar-refractivity contribution is 6.38. The predicted molar refractivity (Wildman–Crippen MR) is 127 cm³/mol. The molecule has 10 nitrogen and oxygen atoms in total. The molecule has 0 saturated carbocycles. The number of aromatic nitrogens is 1. The summed E-state index contributed by atoms with van der Waals surface area (Å²) in [4.78, 5) is 17.1. The summed E-state index contributed by atoms with van der Waals surface area (Å²) in [7, 11) is 2.76. The average Bonchev–Trinajstić information content (AvgIpc) is 2.84. The molecule has 1 saturated heterocycles. The van der Waals surface area contributed by atoms with E-state index in [1.54, 1.807) is 13.0 Å². The van der Waals surface area contributed by atoms with Gasteiger partial charge >= 0.3 is 0 Å². The van der Waals surface area contributed by atoms with Crippen molar-refractivity contribution in [3.63, 3.8) is 0 Å². The lowest BCUT2D eigenvalue weighted by atomic mass is 9.96. The SMILES string of the molecule is COc1ncc(COc2c(Cl)cc(C(=O)N[C@H]3[C@@H](OC)O[C@H](CO)[C@@H](O)[C@@H]3O)c(C)c2Cl)cc1Cl. The standard InChI is InChI=1S/C22H25Cl3N2O8/c1-9-11(20(31)27-16-18(30)17(29)14(7-28)35-22(16)33-3)5-12(23)19(15(9)25)34-8-10-4-13(24)21(32-2)26-6-10/h4-6,14,16-18,22,28-30H,7-8H2,1-3H3,(H,27,31)/t14-,16-,17-,18-,22+/m1/s1. The fourth-order valence-corrected chi connectivity index (χ4v) is 4.41. The third kappa shape index (κ3) is 5.92. The van der Waals surface area contributed by atoms with Gasteiger partial charge in [-0.05, 0) is 24.6 Å². The minimum absolute atomic E-state index is 0.0478. The number of ether oxygens (including phenoxy) is 4. The molecule has 0 radical (unpaired) electrons. The van der Waals surface area contributed by atoms with Gasteiger partial charge in [-0.1, -0.05) is 34.8 Å². The van der Waals surface area contributed by atoms with Crippen molar-refractivity contribution in [3.8, 4) is 11.6 Å². The number of hydrogen-bond donors (Lipinski definition) is 4. The van der Waals surface area contributed by atoms with Crippen molar-refractivity contribution in [3.05, 3.63) is 50.1 Å². The summed E-state index contributed by atoms with van der Waals surface area (Å²) in [5, 5.41) is 33.0. The summed E-state index contributed by atoms with van der Waals surface area (Å²) in [6, 6.07) is 1.87. The molecular weight excluding hydrogens is 527 g/mol. The summed E-state index contributed by atoms with van der Waals surface area (Å²) >= 11 is 18.9. The number of nitrogens with zero attached hydrogens (tertiary/aromatic N) is 1. The number of rotatable bonds is 8. The Balaban J connectivity index is 1.78. The molecule has 1 aliphatic heterocycles. The van der Waals surface area contributed by atoms with Crippen LogP contribution in [-0.4, -0.2) is 77.7 Å². The minimum Gasteiger partial charge on any atom is -0.486 e. The number of carbonyl (C=O) groups is 1. The third-order valence-electron chi connectivity index (χ3n) is 5.52. The maximum absolute atomic E-state index is 13.0. The zero-order valence-electron chi connectivity index (χ0n) is 19.0. The molecule has 0 unspecified atom stereocenters. The van der Waals surface area contributed by atoms with E-state index >= 15 is 0 Å². The number of pyridine rings is 1. The van der Waals surface area contributed by atoms with Crippen LogP contribution in [0.25, 0.3) is 0 Å². The van der Waals surface area contributed by atoms with Gasteiger partial charge in [0.15, 0.2) is 12.0 Å². The number of methoxy groups -OCH3 is 2. The molecule has 0 bridgehead atoms. The second kappa shape index (κ2) is 11.9. The second-order valence-electron chi connectivity index (χ2n) is 7.74. The van der Waals surface area contributed by atoms with E-state index < -0.39 is 43.2 Å². The van der Waals surface area contributed by atoms with Gasteiger partial charge in [0, 0.05) is 24.4 Å². The molecule has 0 spiro atoms. The summed E-state index contributed by atoms with van der Waals surface area (Å²) in [5.74, 6) is -0.207. The Morgan fingerprint density at radius 3 is 2.49 bits per heavy atom. The van der Waals surface area contributed by atoms with E-state index in [9.17, 15) is 20.1 Å². The first-order valence-corrected chi connectivity index (χ1v) is 11.5. The number of nitrogens with one attached hydrogen (secondary N) is 1. The average molecular weight is 552 g/mol. The molecule has 2 aromatic rings. The lowest BCUT2D eigenvalue weighted by molar-refractivity contribution is -0.261. The Labute approximate surface area is 216 Å². The molecule has 4 N–H and O–H groups in total. The number of halogens is 3. The Morgan fingerprint density at radius 2 is 1.89 bits per heavy atom. The monoisotopic (exact) mass is 550 g/mol. The quantitative estimate of drug-likeness (QED) is 0.388. The lowest BCUT2D eigenvalue weighted by Gasteiger charge is -2.41. The van der Waals surface area contributed by atoms with Crippen LogP contribution in [0.3, 0.4) is 0 Å². The highest BCUT2D eigenvalue weighted by atomic mass is 35.5. The Bertz CT molecular complexity index is 1070.